The first-order chi connectivity index (χ1) is 16.8. The van der Waals surface area contributed by atoms with Gasteiger partial charge in [-0.2, -0.15) is 4.98 Å². The number of nitrogens with two attached hydrogens (primary N) is 1. The minimum Gasteiger partial charge on any atom is -0.369 e. The molecule has 0 aliphatic carbocycles. The summed E-state index contributed by atoms with van der Waals surface area (Å²) in [6.45, 7) is 2.51. The fraction of sp³-hybridized carbons (Fsp3) is 0.320. The fourth-order valence-electron chi connectivity index (χ4n) is 4.01. The van der Waals surface area contributed by atoms with Gasteiger partial charge in [-0.1, -0.05) is 17.3 Å². The van der Waals surface area contributed by atoms with Gasteiger partial charge in [0.1, 0.15) is 5.82 Å². The molecule has 0 unspecified atom stereocenters. The van der Waals surface area contributed by atoms with Crippen molar-refractivity contribution in [1.29, 1.82) is 0 Å². The first-order valence-corrected chi connectivity index (χ1v) is 11.4. The van der Waals surface area contributed by atoms with E-state index < -0.39 is 0 Å². The number of likely N-dealkylation sites (tertiary alicyclic amines) is 1. The van der Waals surface area contributed by atoms with Crippen molar-refractivity contribution >= 4 is 23.4 Å². The number of nitrogens with one attached hydrogen (secondary N) is 1. The maximum absolute atomic E-state index is 13.5. The van der Waals surface area contributed by atoms with Gasteiger partial charge < -0.3 is 20.5 Å². The van der Waals surface area contributed by atoms with Crippen molar-refractivity contribution < 1.29 is 23.3 Å². The van der Waals surface area contributed by atoms with Crippen LogP contribution >= 0.6 is 0 Å². The van der Waals surface area contributed by atoms with Gasteiger partial charge in [-0.3, -0.25) is 14.4 Å². The molecule has 1 fully saturated rings. The summed E-state index contributed by atoms with van der Waals surface area (Å²) in [5.41, 5.74) is 7.25. The molecule has 1 aliphatic heterocycles. The Morgan fingerprint density at radius 1 is 1.17 bits per heavy atom. The Kier molecular flexibility index (Phi) is 7.19. The van der Waals surface area contributed by atoms with E-state index in [4.69, 9.17) is 10.3 Å². The summed E-state index contributed by atoms with van der Waals surface area (Å²) in [6, 6.07) is 11.3. The number of aryl methyl sites for hydroxylation is 2. The molecule has 2 heterocycles. The quantitative estimate of drug-likeness (QED) is 0.535. The van der Waals surface area contributed by atoms with Crippen LogP contribution in [0.3, 0.4) is 0 Å². The number of carbonyl (C=O) groups excluding carboxylic acids is 3. The lowest BCUT2D eigenvalue weighted by Gasteiger charge is -2.31. The average Bonchev–Trinajstić information content (AvgIpc) is 3.33. The molecule has 9 nitrogen and oxygen atoms in total. The maximum atomic E-state index is 13.5. The highest BCUT2D eigenvalue weighted by Gasteiger charge is 2.27. The molecule has 0 radical (unpaired) electrons. The number of nitrogens with zero attached hydrogens (tertiary/aromatic N) is 3. The Morgan fingerprint density at radius 2 is 1.91 bits per heavy atom. The molecule has 4 rings (SSSR count). The second kappa shape index (κ2) is 10.5. The van der Waals surface area contributed by atoms with Crippen LogP contribution in [-0.2, 0) is 16.0 Å². The third kappa shape index (κ3) is 5.71. The number of carbonyl (C=O) groups is 3. The van der Waals surface area contributed by atoms with Crippen LogP contribution < -0.4 is 11.1 Å². The van der Waals surface area contributed by atoms with Crippen molar-refractivity contribution in [2.75, 3.05) is 18.4 Å². The summed E-state index contributed by atoms with van der Waals surface area (Å²) in [5.74, 6) is -0.798. The maximum Gasteiger partial charge on any atom is 0.255 e. The highest BCUT2D eigenvalue weighted by atomic mass is 19.1. The molecular formula is C25H26FN5O4. The smallest absolute Gasteiger partial charge is 0.255 e. The number of aromatic nitrogens is 2. The Balaban J connectivity index is 1.35. The molecule has 1 aliphatic rings. The van der Waals surface area contributed by atoms with E-state index in [2.05, 4.69) is 15.5 Å². The van der Waals surface area contributed by atoms with Gasteiger partial charge in [0.05, 0.1) is 11.3 Å². The molecule has 182 valence electrons. The van der Waals surface area contributed by atoms with Crippen LogP contribution in [0.15, 0.2) is 47.0 Å². The van der Waals surface area contributed by atoms with Crippen LogP contribution in [0.2, 0.25) is 0 Å². The normalized spacial score (nSPS) is 14.1. The molecule has 3 aromatic rings. The van der Waals surface area contributed by atoms with E-state index in [0.717, 1.165) is 0 Å². The number of hydrogen-bond acceptors (Lipinski definition) is 6. The number of amides is 3. The van der Waals surface area contributed by atoms with Crippen LogP contribution in [0, 0.1) is 18.7 Å². The highest BCUT2D eigenvalue weighted by molar-refractivity contribution is 6.03. The van der Waals surface area contributed by atoms with E-state index >= 15 is 0 Å². The van der Waals surface area contributed by atoms with Gasteiger partial charge in [0, 0.05) is 37.4 Å². The van der Waals surface area contributed by atoms with Gasteiger partial charge in [0.2, 0.25) is 23.5 Å². The van der Waals surface area contributed by atoms with E-state index in [1.54, 1.807) is 48.2 Å². The van der Waals surface area contributed by atoms with E-state index in [1.807, 2.05) is 0 Å². The third-order valence-electron chi connectivity index (χ3n) is 6.07. The minimum absolute atomic E-state index is 0.0661. The molecule has 0 atom stereocenters. The summed E-state index contributed by atoms with van der Waals surface area (Å²) in [7, 11) is 0. The van der Waals surface area contributed by atoms with Crippen molar-refractivity contribution in [2.45, 2.75) is 32.6 Å². The molecule has 0 bridgehead atoms. The lowest BCUT2D eigenvalue weighted by Crippen LogP contribution is -2.42. The Bertz CT molecular complexity index is 1250. The number of piperidine rings is 1. The monoisotopic (exact) mass is 479 g/mol. The number of benzene rings is 2. The molecule has 3 N–H and O–H groups in total. The second-order valence-electron chi connectivity index (χ2n) is 8.54. The summed E-state index contributed by atoms with van der Waals surface area (Å²) < 4.78 is 18.7. The van der Waals surface area contributed by atoms with Gasteiger partial charge in [-0.05, 0) is 55.7 Å². The molecular weight excluding hydrogens is 453 g/mol. The van der Waals surface area contributed by atoms with Crippen LogP contribution in [0.4, 0.5) is 10.1 Å². The standard InChI is InChI=1S/C25H26FN5O4/c1-15-14-17(6-7-19(15)26)24-29-22(35-30-24)9-8-21(32)28-20-5-3-2-4-18(20)25(34)31-12-10-16(11-13-31)23(27)33/h2-7,14,16H,8-13H2,1H3,(H2,27,33)(H,28,32). The van der Waals surface area contributed by atoms with Crippen LogP contribution in [0.5, 0.6) is 0 Å². The molecule has 0 spiro atoms. The predicted molar refractivity (Wildman–Crippen MR) is 126 cm³/mol. The third-order valence-corrected chi connectivity index (χ3v) is 6.07. The van der Waals surface area contributed by atoms with Gasteiger partial charge in [0.25, 0.3) is 5.91 Å². The van der Waals surface area contributed by atoms with Crippen molar-refractivity contribution in [3.05, 3.63) is 65.3 Å². The number of primary amides is 1. The Morgan fingerprint density at radius 3 is 2.63 bits per heavy atom. The lowest BCUT2D eigenvalue weighted by atomic mass is 9.95. The number of rotatable bonds is 7. The summed E-state index contributed by atoms with van der Waals surface area (Å²) in [4.78, 5) is 43.0. The first kappa shape index (κ1) is 24.1. The summed E-state index contributed by atoms with van der Waals surface area (Å²) in [6.07, 6.45) is 1.32. The topological polar surface area (TPSA) is 131 Å². The van der Waals surface area contributed by atoms with E-state index in [9.17, 15) is 18.8 Å². The number of hydrogen-bond donors (Lipinski definition) is 2. The molecule has 3 amide bonds. The van der Waals surface area contributed by atoms with Crippen LogP contribution in [0.25, 0.3) is 11.4 Å². The van der Waals surface area contributed by atoms with Crippen molar-refractivity contribution in [3.8, 4) is 11.4 Å². The average molecular weight is 480 g/mol. The summed E-state index contributed by atoms with van der Waals surface area (Å²) in [5, 5.41) is 6.69. The van der Waals surface area contributed by atoms with E-state index in [0.29, 0.717) is 54.1 Å². The van der Waals surface area contributed by atoms with Crippen molar-refractivity contribution in [3.63, 3.8) is 0 Å². The molecule has 35 heavy (non-hydrogen) atoms. The number of anilines is 1. The number of para-hydroxylation sites is 1. The zero-order chi connectivity index (χ0) is 24.9. The van der Waals surface area contributed by atoms with E-state index in [1.165, 1.54) is 6.07 Å². The number of halogens is 1. The van der Waals surface area contributed by atoms with Gasteiger partial charge in [-0.15, -0.1) is 0 Å². The Hall–Kier alpha value is -4.08. The Labute approximate surface area is 201 Å². The minimum atomic E-state index is -0.342. The molecule has 1 saturated heterocycles. The van der Waals surface area contributed by atoms with Crippen molar-refractivity contribution in [1.82, 2.24) is 15.0 Å². The van der Waals surface area contributed by atoms with Crippen molar-refractivity contribution in [2.24, 2.45) is 11.7 Å². The molecule has 2 aromatic carbocycles. The first-order valence-electron chi connectivity index (χ1n) is 11.4. The van der Waals surface area contributed by atoms with Gasteiger partial charge in [-0.25, -0.2) is 4.39 Å². The zero-order valence-corrected chi connectivity index (χ0v) is 19.3. The highest BCUT2D eigenvalue weighted by Crippen LogP contribution is 2.23. The van der Waals surface area contributed by atoms with Gasteiger partial charge in [0.15, 0.2) is 0 Å². The van der Waals surface area contributed by atoms with Crippen LogP contribution in [-0.4, -0.2) is 45.9 Å². The van der Waals surface area contributed by atoms with E-state index in [-0.39, 0.29) is 48.2 Å². The molecule has 0 saturated carbocycles. The molecule has 1 aromatic heterocycles. The largest absolute Gasteiger partial charge is 0.369 e. The summed E-state index contributed by atoms with van der Waals surface area (Å²) >= 11 is 0. The SMILES string of the molecule is Cc1cc(-c2noc(CCC(=O)Nc3ccccc3C(=O)N3CCC(C(N)=O)CC3)n2)ccc1F. The second-order valence-corrected chi connectivity index (χ2v) is 8.54. The van der Waals surface area contributed by atoms with Crippen LogP contribution in [0.1, 0.15) is 41.1 Å². The zero-order valence-electron chi connectivity index (χ0n) is 19.3. The fourth-order valence-corrected chi connectivity index (χ4v) is 4.01. The predicted octanol–water partition coefficient (Wildman–Crippen LogP) is 3.09. The molecule has 10 heteroatoms. The lowest BCUT2D eigenvalue weighted by molar-refractivity contribution is -0.123. The van der Waals surface area contributed by atoms with Gasteiger partial charge >= 0.3 is 0 Å².